The smallest absolute Gasteiger partial charge is 0.338 e. The van der Waals surface area contributed by atoms with Crippen molar-refractivity contribution < 1.29 is 14.3 Å². The van der Waals surface area contributed by atoms with E-state index < -0.39 is 12.0 Å². The lowest BCUT2D eigenvalue weighted by Gasteiger charge is -2.36. The van der Waals surface area contributed by atoms with Gasteiger partial charge in [0.05, 0.1) is 18.2 Å². The van der Waals surface area contributed by atoms with Crippen molar-refractivity contribution in [3.05, 3.63) is 89.1 Å². The molecule has 2 amide bonds. The Hall–Kier alpha value is -3.42. The van der Waals surface area contributed by atoms with E-state index in [1.54, 1.807) is 6.92 Å². The summed E-state index contributed by atoms with van der Waals surface area (Å²) in [7, 11) is 0. The molecule has 0 unspecified atom stereocenters. The molecule has 2 aromatic rings. The molecule has 0 bridgehead atoms. The molecule has 7 nitrogen and oxygen atoms in total. The van der Waals surface area contributed by atoms with E-state index in [-0.39, 0.29) is 12.6 Å². The Labute approximate surface area is 201 Å². The third-order valence-electron chi connectivity index (χ3n) is 6.10. The minimum Gasteiger partial charge on any atom is -0.463 e. The average Bonchev–Trinajstić information content (AvgIpc) is 2.86. The zero-order valence-corrected chi connectivity index (χ0v) is 19.6. The first-order valence-electron chi connectivity index (χ1n) is 11.8. The lowest BCUT2D eigenvalue weighted by molar-refractivity contribution is -0.139. The van der Waals surface area contributed by atoms with Crippen LogP contribution in [0.2, 0.25) is 0 Å². The summed E-state index contributed by atoms with van der Waals surface area (Å²) in [5, 5.41) is 5.77. The fourth-order valence-corrected chi connectivity index (χ4v) is 4.34. The molecular weight excluding hydrogens is 428 g/mol. The zero-order chi connectivity index (χ0) is 23.8. The van der Waals surface area contributed by atoms with Crippen molar-refractivity contribution >= 4 is 18.1 Å². The molecule has 2 N–H and O–H groups in total. The second-order valence-corrected chi connectivity index (χ2v) is 8.44. The average molecular weight is 461 g/mol. The van der Waals surface area contributed by atoms with Crippen LogP contribution in [-0.2, 0) is 9.53 Å². The Balaban J connectivity index is 1.42. The maximum absolute atomic E-state index is 12.9. The van der Waals surface area contributed by atoms with E-state index in [9.17, 15) is 9.59 Å². The molecule has 1 saturated heterocycles. The molecule has 0 aliphatic carbocycles. The highest BCUT2D eigenvalue weighted by Gasteiger charge is 2.34. The molecule has 2 aliphatic rings. The molecule has 1 atom stereocenters. The van der Waals surface area contributed by atoms with E-state index in [0.29, 0.717) is 17.8 Å². The first-order valence-corrected chi connectivity index (χ1v) is 11.8. The predicted molar refractivity (Wildman–Crippen MR) is 133 cm³/mol. The molecule has 34 heavy (non-hydrogen) atoms. The SMILES string of the molecule is CCOC(=O)C1=C(CN2CCN(C/C=C\c3ccccc3)CC2)NC(=O)N[C@@H]1c1ccccc1. The Bertz CT molecular complexity index is 1030. The Morgan fingerprint density at radius 3 is 2.32 bits per heavy atom. The summed E-state index contributed by atoms with van der Waals surface area (Å²) in [6, 6.07) is 19.0. The van der Waals surface area contributed by atoms with Crippen LogP contribution < -0.4 is 10.6 Å². The number of nitrogens with zero attached hydrogens (tertiary/aromatic N) is 2. The summed E-state index contributed by atoms with van der Waals surface area (Å²) in [6.45, 7) is 7.03. The van der Waals surface area contributed by atoms with Crippen molar-refractivity contribution in [2.45, 2.75) is 13.0 Å². The van der Waals surface area contributed by atoms with Crippen LogP contribution in [0.3, 0.4) is 0 Å². The van der Waals surface area contributed by atoms with E-state index in [4.69, 9.17) is 4.74 Å². The van der Waals surface area contributed by atoms with Crippen molar-refractivity contribution in [1.82, 2.24) is 20.4 Å². The van der Waals surface area contributed by atoms with Gasteiger partial charge in [0.2, 0.25) is 0 Å². The van der Waals surface area contributed by atoms with Gasteiger partial charge in [-0.3, -0.25) is 9.80 Å². The second kappa shape index (κ2) is 11.6. The largest absolute Gasteiger partial charge is 0.463 e. The van der Waals surface area contributed by atoms with Crippen LogP contribution in [0.25, 0.3) is 6.08 Å². The van der Waals surface area contributed by atoms with Gasteiger partial charge in [-0.1, -0.05) is 72.8 Å². The number of carbonyl (C=O) groups is 2. The maximum Gasteiger partial charge on any atom is 0.338 e. The van der Waals surface area contributed by atoms with Crippen LogP contribution in [0, 0.1) is 0 Å². The quantitative estimate of drug-likeness (QED) is 0.592. The monoisotopic (exact) mass is 460 g/mol. The van der Waals surface area contributed by atoms with Crippen LogP contribution in [0.4, 0.5) is 4.79 Å². The third-order valence-corrected chi connectivity index (χ3v) is 6.10. The van der Waals surface area contributed by atoms with Gasteiger partial charge in [-0.2, -0.15) is 0 Å². The fraction of sp³-hybridized carbons (Fsp3) is 0.333. The van der Waals surface area contributed by atoms with Crippen LogP contribution >= 0.6 is 0 Å². The number of esters is 1. The van der Waals surface area contributed by atoms with Crippen LogP contribution in [0.15, 0.2) is 78.0 Å². The molecule has 0 spiro atoms. The number of hydrogen-bond acceptors (Lipinski definition) is 5. The molecule has 2 aromatic carbocycles. The molecule has 4 rings (SSSR count). The summed E-state index contributed by atoms with van der Waals surface area (Å²) in [4.78, 5) is 30.1. The number of urea groups is 1. The van der Waals surface area contributed by atoms with Gasteiger partial charge in [0, 0.05) is 45.0 Å². The molecule has 2 heterocycles. The molecular formula is C27H32N4O3. The first kappa shape index (κ1) is 23.7. The number of ether oxygens (including phenoxy) is 1. The summed E-state index contributed by atoms with van der Waals surface area (Å²) in [5.74, 6) is -0.400. The van der Waals surface area contributed by atoms with Gasteiger partial charge in [-0.15, -0.1) is 0 Å². The van der Waals surface area contributed by atoms with Crippen molar-refractivity contribution in [2.24, 2.45) is 0 Å². The van der Waals surface area contributed by atoms with Crippen molar-refractivity contribution in [1.29, 1.82) is 0 Å². The Kier molecular flexibility index (Phi) is 8.12. The third kappa shape index (κ3) is 6.12. The Morgan fingerprint density at radius 2 is 1.65 bits per heavy atom. The maximum atomic E-state index is 12.9. The lowest BCUT2D eigenvalue weighted by Crippen LogP contribution is -2.51. The number of benzene rings is 2. The minimum atomic E-state index is -0.534. The normalized spacial score (nSPS) is 19.7. The first-order chi connectivity index (χ1) is 16.6. The van der Waals surface area contributed by atoms with Gasteiger partial charge in [0.15, 0.2) is 0 Å². The van der Waals surface area contributed by atoms with E-state index in [1.807, 2.05) is 48.5 Å². The topological polar surface area (TPSA) is 73.9 Å². The number of carbonyl (C=O) groups excluding carboxylic acids is 2. The molecule has 0 aromatic heterocycles. The second-order valence-electron chi connectivity index (χ2n) is 8.44. The van der Waals surface area contributed by atoms with Crippen molar-refractivity contribution in [2.75, 3.05) is 45.9 Å². The highest BCUT2D eigenvalue weighted by Crippen LogP contribution is 2.28. The number of rotatable bonds is 8. The lowest BCUT2D eigenvalue weighted by atomic mass is 9.95. The highest BCUT2D eigenvalue weighted by molar-refractivity contribution is 5.95. The summed E-state index contributed by atoms with van der Waals surface area (Å²) >= 11 is 0. The molecule has 0 saturated carbocycles. The van der Waals surface area contributed by atoms with Crippen LogP contribution in [0.1, 0.15) is 24.1 Å². The van der Waals surface area contributed by atoms with Crippen LogP contribution in [0.5, 0.6) is 0 Å². The Morgan fingerprint density at radius 1 is 1.00 bits per heavy atom. The van der Waals surface area contributed by atoms with Gasteiger partial charge in [0.25, 0.3) is 0 Å². The van der Waals surface area contributed by atoms with Gasteiger partial charge in [0.1, 0.15) is 0 Å². The van der Waals surface area contributed by atoms with E-state index in [1.165, 1.54) is 5.56 Å². The summed E-state index contributed by atoms with van der Waals surface area (Å²) < 4.78 is 5.36. The zero-order valence-electron chi connectivity index (χ0n) is 19.6. The molecule has 178 valence electrons. The number of piperazine rings is 1. The molecule has 0 radical (unpaired) electrons. The minimum absolute atomic E-state index is 0.278. The summed E-state index contributed by atoms with van der Waals surface area (Å²) in [5.41, 5.74) is 3.15. The van der Waals surface area contributed by atoms with Crippen LogP contribution in [-0.4, -0.2) is 67.7 Å². The summed E-state index contributed by atoms with van der Waals surface area (Å²) in [6.07, 6.45) is 4.35. The standard InChI is InChI=1S/C27H32N4O3/c1-2-34-26(32)24-23(28-27(33)29-25(24)22-13-7-4-8-14-22)20-31-18-16-30(17-19-31)15-9-12-21-10-5-3-6-11-21/h3-14,25H,2,15-20H2,1H3,(H2,28,29,33)/b12-9-/t25-/m1/s1. The highest BCUT2D eigenvalue weighted by atomic mass is 16.5. The predicted octanol–water partition coefficient (Wildman–Crippen LogP) is 3.19. The van der Waals surface area contributed by atoms with Gasteiger partial charge >= 0.3 is 12.0 Å². The fourth-order valence-electron chi connectivity index (χ4n) is 4.34. The van der Waals surface area contributed by atoms with E-state index in [0.717, 1.165) is 38.3 Å². The van der Waals surface area contributed by atoms with Gasteiger partial charge in [-0.25, -0.2) is 9.59 Å². The van der Waals surface area contributed by atoms with Crippen molar-refractivity contribution in [3.8, 4) is 0 Å². The van der Waals surface area contributed by atoms with Gasteiger partial charge < -0.3 is 15.4 Å². The van der Waals surface area contributed by atoms with Gasteiger partial charge in [-0.05, 0) is 18.1 Å². The number of nitrogens with one attached hydrogen (secondary N) is 2. The van der Waals surface area contributed by atoms with E-state index in [2.05, 4.69) is 44.7 Å². The molecule has 7 heteroatoms. The molecule has 1 fully saturated rings. The number of hydrogen-bond donors (Lipinski definition) is 2. The molecule has 2 aliphatic heterocycles. The van der Waals surface area contributed by atoms with E-state index >= 15 is 0 Å². The number of amides is 2. The van der Waals surface area contributed by atoms with Crippen molar-refractivity contribution in [3.63, 3.8) is 0 Å².